The molecule has 0 amide bonds. The van der Waals surface area contributed by atoms with Gasteiger partial charge in [-0.1, -0.05) is 18.2 Å². The number of hydrogen-bond donors (Lipinski definition) is 2. The molecule has 0 aliphatic heterocycles. The molecule has 2 N–H and O–H groups in total. The van der Waals surface area contributed by atoms with Crippen LogP contribution in [0.2, 0.25) is 0 Å². The second-order valence-corrected chi connectivity index (χ2v) is 7.80. The number of fused-ring (bicyclic) bond motifs is 3. The van der Waals surface area contributed by atoms with E-state index in [1.165, 1.54) is 10.1 Å². The molecule has 0 unspecified atom stereocenters. The molecule has 4 heterocycles. The van der Waals surface area contributed by atoms with Gasteiger partial charge in [-0.15, -0.1) is 11.3 Å². The molecule has 2 aromatic carbocycles. The number of benzene rings is 2. The summed E-state index contributed by atoms with van der Waals surface area (Å²) in [4.78, 5) is 15.1. The standard InChI is InChI=1S/C22H14N6S/c1-2-6-18-13(4-1)11-19(29-18)22-26-20-16(5-3-9-23-20)21(27-22)25-15-7-8-17-14(10-15)12-24-28-17/h1-12H,(H,24,28)(H,23,25,26,27). The molecule has 0 aliphatic carbocycles. The molecule has 0 aliphatic rings. The van der Waals surface area contributed by atoms with Crippen LogP contribution in [-0.2, 0) is 0 Å². The van der Waals surface area contributed by atoms with Gasteiger partial charge < -0.3 is 5.32 Å². The Hall–Kier alpha value is -3.84. The summed E-state index contributed by atoms with van der Waals surface area (Å²) >= 11 is 1.68. The molecule has 0 bridgehead atoms. The average molecular weight is 394 g/mol. The van der Waals surface area contributed by atoms with Crippen molar-refractivity contribution < 1.29 is 0 Å². The number of thiophene rings is 1. The Morgan fingerprint density at radius 1 is 0.897 bits per heavy atom. The van der Waals surface area contributed by atoms with Crippen LogP contribution in [0.15, 0.2) is 73.1 Å². The van der Waals surface area contributed by atoms with E-state index in [-0.39, 0.29) is 0 Å². The van der Waals surface area contributed by atoms with Gasteiger partial charge in [0.2, 0.25) is 0 Å². The molecule has 0 radical (unpaired) electrons. The number of aromatic nitrogens is 5. The zero-order chi connectivity index (χ0) is 19.2. The number of nitrogens with one attached hydrogen (secondary N) is 2. The topological polar surface area (TPSA) is 79.4 Å². The first kappa shape index (κ1) is 16.1. The van der Waals surface area contributed by atoms with E-state index < -0.39 is 0 Å². The van der Waals surface area contributed by atoms with Crippen molar-refractivity contribution >= 4 is 54.9 Å². The third-order valence-corrected chi connectivity index (χ3v) is 5.93. The number of pyridine rings is 1. The van der Waals surface area contributed by atoms with Crippen molar-refractivity contribution in [3.63, 3.8) is 0 Å². The first-order chi connectivity index (χ1) is 14.3. The maximum atomic E-state index is 4.85. The van der Waals surface area contributed by atoms with Crippen LogP contribution < -0.4 is 5.32 Å². The highest BCUT2D eigenvalue weighted by atomic mass is 32.1. The summed E-state index contributed by atoms with van der Waals surface area (Å²) in [5.74, 6) is 1.41. The minimum atomic E-state index is 0.668. The van der Waals surface area contributed by atoms with E-state index in [1.807, 2.05) is 48.7 Å². The Bertz CT molecular complexity index is 1470. The largest absolute Gasteiger partial charge is 0.340 e. The maximum Gasteiger partial charge on any atom is 0.173 e. The summed E-state index contributed by atoms with van der Waals surface area (Å²) in [6.07, 6.45) is 3.56. The molecule has 6 nitrogen and oxygen atoms in total. The summed E-state index contributed by atoms with van der Waals surface area (Å²) in [5.41, 5.74) is 2.60. The SMILES string of the molecule is c1ccc2sc(-c3nc(Nc4ccc5[nH]ncc5c4)c4cccnc4n3)cc2c1. The van der Waals surface area contributed by atoms with Gasteiger partial charge >= 0.3 is 0 Å². The second-order valence-electron chi connectivity index (χ2n) is 6.72. The van der Waals surface area contributed by atoms with Gasteiger partial charge in [0.1, 0.15) is 5.82 Å². The molecule has 0 atom stereocenters. The van der Waals surface area contributed by atoms with Crippen molar-refractivity contribution in [2.24, 2.45) is 0 Å². The summed E-state index contributed by atoms with van der Waals surface area (Å²) < 4.78 is 1.21. The molecule has 138 valence electrons. The van der Waals surface area contributed by atoms with Crippen molar-refractivity contribution in [2.75, 3.05) is 5.32 Å². The summed E-state index contributed by atoms with van der Waals surface area (Å²) in [6, 6.07) is 20.4. The van der Waals surface area contributed by atoms with Crippen LogP contribution in [0.4, 0.5) is 11.5 Å². The Balaban J connectivity index is 1.50. The zero-order valence-electron chi connectivity index (χ0n) is 15.1. The molecule has 4 aromatic heterocycles. The van der Waals surface area contributed by atoms with Crippen molar-refractivity contribution in [2.45, 2.75) is 0 Å². The van der Waals surface area contributed by atoms with E-state index in [2.05, 4.69) is 38.7 Å². The predicted molar refractivity (Wildman–Crippen MR) is 118 cm³/mol. The quantitative estimate of drug-likeness (QED) is 0.413. The van der Waals surface area contributed by atoms with Gasteiger partial charge in [0.15, 0.2) is 11.5 Å². The molecule has 6 aromatic rings. The van der Waals surface area contributed by atoms with Crippen LogP contribution in [0.1, 0.15) is 0 Å². The minimum absolute atomic E-state index is 0.668. The zero-order valence-corrected chi connectivity index (χ0v) is 15.9. The van der Waals surface area contributed by atoms with Crippen molar-refractivity contribution in [3.8, 4) is 10.7 Å². The van der Waals surface area contributed by atoms with Gasteiger partial charge in [-0.05, 0) is 47.9 Å². The fourth-order valence-electron chi connectivity index (χ4n) is 3.42. The van der Waals surface area contributed by atoms with Crippen LogP contribution in [0.25, 0.3) is 42.7 Å². The van der Waals surface area contributed by atoms with Gasteiger partial charge in [-0.3, -0.25) is 5.10 Å². The Kier molecular flexibility index (Phi) is 3.54. The third-order valence-electron chi connectivity index (χ3n) is 4.82. The second kappa shape index (κ2) is 6.35. The molecule has 0 saturated carbocycles. The highest BCUT2D eigenvalue weighted by Gasteiger charge is 2.13. The molecule has 29 heavy (non-hydrogen) atoms. The number of H-pyrrole nitrogens is 1. The van der Waals surface area contributed by atoms with E-state index >= 15 is 0 Å². The fourth-order valence-corrected chi connectivity index (χ4v) is 4.41. The van der Waals surface area contributed by atoms with Crippen LogP contribution in [0.3, 0.4) is 0 Å². The van der Waals surface area contributed by atoms with E-state index in [0.717, 1.165) is 32.7 Å². The lowest BCUT2D eigenvalue weighted by atomic mass is 10.2. The minimum Gasteiger partial charge on any atom is -0.340 e. The van der Waals surface area contributed by atoms with E-state index in [9.17, 15) is 0 Å². The predicted octanol–water partition coefficient (Wildman–Crippen LogP) is 5.53. The van der Waals surface area contributed by atoms with Crippen LogP contribution in [-0.4, -0.2) is 25.1 Å². The molecule has 6 rings (SSSR count). The van der Waals surface area contributed by atoms with Gasteiger partial charge in [0, 0.05) is 22.0 Å². The maximum absolute atomic E-state index is 4.85. The first-order valence-electron chi connectivity index (χ1n) is 9.15. The summed E-state index contributed by atoms with van der Waals surface area (Å²) in [7, 11) is 0. The molecule has 0 fully saturated rings. The molecular formula is C22H14N6S. The molecule has 0 spiro atoms. The lowest BCUT2D eigenvalue weighted by Gasteiger charge is -2.10. The summed E-state index contributed by atoms with van der Waals surface area (Å²) in [5, 5.41) is 13.6. The number of aromatic amines is 1. The molecule has 7 heteroatoms. The van der Waals surface area contributed by atoms with Gasteiger partial charge in [-0.2, -0.15) is 5.10 Å². The number of rotatable bonds is 3. The lowest BCUT2D eigenvalue weighted by Crippen LogP contribution is -1.99. The van der Waals surface area contributed by atoms with Crippen molar-refractivity contribution in [1.29, 1.82) is 0 Å². The van der Waals surface area contributed by atoms with Crippen LogP contribution in [0, 0.1) is 0 Å². The fraction of sp³-hybridized carbons (Fsp3) is 0. The van der Waals surface area contributed by atoms with Crippen molar-refractivity contribution in [1.82, 2.24) is 25.1 Å². The normalized spacial score (nSPS) is 11.4. The number of anilines is 2. The first-order valence-corrected chi connectivity index (χ1v) is 9.97. The molecule has 0 saturated heterocycles. The highest BCUT2D eigenvalue weighted by molar-refractivity contribution is 7.22. The van der Waals surface area contributed by atoms with E-state index in [1.54, 1.807) is 17.5 Å². The van der Waals surface area contributed by atoms with Crippen molar-refractivity contribution in [3.05, 3.63) is 73.1 Å². The van der Waals surface area contributed by atoms with Crippen LogP contribution in [0.5, 0.6) is 0 Å². The third kappa shape index (κ3) is 2.79. The lowest BCUT2D eigenvalue weighted by molar-refractivity contribution is 1.12. The summed E-state index contributed by atoms with van der Waals surface area (Å²) in [6.45, 7) is 0. The van der Waals surface area contributed by atoms with Gasteiger partial charge in [0.05, 0.1) is 22.0 Å². The van der Waals surface area contributed by atoms with E-state index in [4.69, 9.17) is 9.97 Å². The number of nitrogens with zero attached hydrogens (tertiary/aromatic N) is 4. The average Bonchev–Trinajstić information content (AvgIpc) is 3.40. The van der Waals surface area contributed by atoms with Gasteiger partial charge in [-0.25, -0.2) is 15.0 Å². The molecular weight excluding hydrogens is 380 g/mol. The van der Waals surface area contributed by atoms with Gasteiger partial charge in [0.25, 0.3) is 0 Å². The van der Waals surface area contributed by atoms with Crippen LogP contribution >= 0.6 is 11.3 Å². The Labute approximate surface area is 169 Å². The monoisotopic (exact) mass is 394 g/mol. The Morgan fingerprint density at radius 3 is 2.83 bits per heavy atom. The smallest absolute Gasteiger partial charge is 0.173 e. The highest BCUT2D eigenvalue weighted by Crippen LogP contribution is 2.34. The Morgan fingerprint density at radius 2 is 1.86 bits per heavy atom. The van der Waals surface area contributed by atoms with E-state index in [0.29, 0.717) is 11.5 Å². The number of hydrogen-bond acceptors (Lipinski definition) is 6.